The zero-order valence-corrected chi connectivity index (χ0v) is 36.2. The van der Waals surface area contributed by atoms with E-state index in [2.05, 4.69) is 10.3 Å². The molecule has 1 atom stereocenters. The third-order valence-corrected chi connectivity index (χ3v) is 11.3. The fraction of sp³-hybridized carbons (Fsp3) is 0.115. The van der Waals surface area contributed by atoms with Gasteiger partial charge >= 0.3 is 6.09 Å². The number of hydrogen-bond acceptors (Lipinski definition) is 8. The van der Waals surface area contributed by atoms with E-state index in [1.807, 2.05) is 109 Å². The minimum Gasteiger partial charge on any atom is -0.505 e. The molecule has 8 aromatic rings. The van der Waals surface area contributed by atoms with Crippen LogP contribution in [-0.4, -0.2) is 52.2 Å². The summed E-state index contributed by atoms with van der Waals surface area (Å²) in [6.45, 7) is -0.214. The standard InChI is InChI=1S/C52H42Cl2N4O6/c1-62-45(31-57-46(59)33-63-37-22-12-5-13-23-37)47(36-20-10-4-11-21-36)41-30-43(54)39-25-15-27-56-49(39)51(41)64-52(61)58(32-35-18-8-3-9-19-35)44(28-34-16-6-2-7-17-34)40-29-42(53)38-24-14-26-55-48(38)50(40)60/h2-27,29-30,44,60H,28,31-33H2,1H3,(H,57,59)/b47-45-. The molecule has 8 rings (SSSR count). The first-order valence-corrected chi connectivity index (χ1v) is 21.2. The number of rotatable bonds is 15. The molecule has 0 saturated heterocycles. The quantitative estimate of drug-likeness (QED) is 0.0976. The third-order valence-electron chi connectivity index (χ3n) is 10.7. The van der Waals surface area contributed by atoms with E-state index < -0.39 is 12.1 Å². The number of fused-ring (bicyclic) bond motifs is 2. The fourth-order valence-electron chi connectivity index (χ4n) is 7.61. The van der Waals surface area contributed by atoms with Crippen LogP contribution in [0.3, 0.4) is 0 Å². The molecule has 2 aromatic heterocycles. The summed E-state index contributed by atoms with van der Waals surface area (Å²) in [7, 11) is 1.50. The first-order chi connectivity index (χ1) is 31.3. The molecule has 64 heavy (non-hydrogen) atoms. The average molecular weight is 890 g/mol. The molecule has 0 aliphatic rings. The van der Waals surface area contributed by atoms with Gasteiger partial charge in [-0.05, 0) is 71.6 Å². The molecule has 0 bridgehead atoms. The van der Waals surface area contributed by atoms with Gasteiger partial charge in [-0.3, -0.25) is 19.7 Å². The SMILES string of the molecule is CO/C(CNC(=O)COc1ccccc1)=C(/c1ccccc1)c1cc(Cl)c2cccnc2c1OC(=O)N(Cc1ccccc1)C(Cc1ccccc1)c1cc(Cl)c2cccnc2c1O. The molecule has 2 amide bonds. The Morgan fingerprint density at radius 2 is 1.30 bits per heavy atom. The van der Waals surface area contributed by atoms with E-state index in [0.29, 0.717) is 65.6 Å². The number of aromatic hydroxyl groups is 1. The number of para-hydroxylation sites is 1. The third kappa shape index (κ3) is 9.79. The summed E-state index contributed by atoms with van der Waals surface area (Å²) in [6, 6.07) is 47.3. The molecule has 6 aromatic carbocycles. The van der Waals surface area contributed by atoms with Crippen molar-refractivity contribution >= 4 is 62.6 Å². The summed E-state index contributed by atoms with van der Waals surface area (Å²) in [6.07, 6.45) is 2.70. The fourth-order valence-corrected chi connectivity index (χ4v) is 8.14. The van der Waals surface area contributed by atoms with Gasteiger partial charge in [-0.15, -0.1) is 0 Å². The normalized spacial score (nSPS) is 12.0. The number of methoxy groups -OCH3 is 1. The zero-order valence-electron chi connectivity index (χ0n) is 34.7. The lowest BCUT2D eigenvalue weighted by Gasteiger charge is -2.33. The number of phenolic OH excluding ortho intramolecular Hbond substituents is 1. The maximum Gasteiger partial charge on any atom is 0.416 e. The van der Waals surface area contributed by atoms with Gasteiger partial charge in [0.25, 0.3) is 5.91 Å². The van der Waals surface area contributed by atoms with Crippen LogP contribution < -0.4 is 14.8 Å². The van der Waals surface area contributed by atoms with E-state index in [-0.39, 0.29) is 43.5 Å². The van der Waals surface area contributed by atoms with Gasteiger partial charge in [0, 0.05) is 46.4 Å². The number of hydrogen-bond donors (Lipinski definition) is 2. The van der Waals surface area contributed by atoms with Crippen LogP contribution in [0.5, 0.6) is 17.2 Å². The van der Waals surface area contributed by atoms with E-state index in [4.69, 9.17) is 42.4 Å². The number of pyridine rings is 2. The van der Waals surface area contributed by atoms with Crippen LogP contribution in [0.15, 0.2) is 176 Å². The molecule has 2 heterocycles. The number of nitrogens with zero attached hydrogens (tertiary/aromatic N) is 3. The zero-order chi connectivity index (χ0) is 44.4. The molecule has 0 aliphatic heterocycles. The predicted octanol–water partition coefficient (Wildman–Crippen LogP) is 11.4. The lowest BCUT2D eigenvalue weighted by atomic mass is 9.94. The molecule has 0 aliphatic carbocycles. The maximum absolute atomic E-state index is 15.5. The Balaban J connectivity index is 1.27. The number of benzene rings is 6. The monoisotopic (exact) mass is 888 g/mol. The highest BCUT2D eigenvalue weighted by Crippen LogP contribution is 2.44. The van der Waals surface area contributed by atoms with Crippen molar-refractivity contribution in [3.8, 4) is 17.2 Å². The Kier molecular flexibility index (Phi) is 13.6. The van der Waals surface area contributed by atoms with Crippen molar-refractivity contribution in [2.45, 2.75) is 19.0 Å². The van der Waals surface area contributed by atoms with Crippen molar-refractivity contribution in [3.05, 3.63) is 214 Å². The summed E-state index contributed by atoms with van der Waals surface area (Å²) in [5, 5.41) is 16.7. The summed E-state index contributed by atoms with van der Waals surface area (Å²) in [4.78, 5) is 39.4. The predicted molar refractivity (Wildman–Crippen MR) is 250 cm³/mol. The van der Waals surface area contributed by atoms with E-state index in [9.17, 15) is 9.90 Å². The smallest absolute Gasteiger partial charge is 0.416 e. The first kappa shape index (κ1) is 43.3. The van der Waals surface area contributed by atoms with Crippen LogP contribution in [0, 0.1) is 0 Å². The highest BCUT2D eigenvalue weighted by atomic mass is 35.5. The topological polar surface area (TPSA) is 123 Å². The molecule has 320 valence electrons. The molecular weight excluding hydrogens is 847 g/mol. The summed E-state index contributed by atoms with van der Waals surface area (Å²) < 4.78 is 18.4. The van der Waals surface area contributed by atoms with Crippen LogP contribution >= 0.6 is 23.2 Å². The number of ether oxygens (including phenoxy) is 3. The molecule has 0 fully saturated rings. The molecule has 0 spiro atoms. The summed E-state index contributed by atoms with van der Waals surface area (Å²) >= 11 is 14.0. The van der Waals surface area contributed by atoms with Crippen molar-refractivity contribution in [2.24, 2.45) is 0 Å². The molecule has 0 saturated carbocycles. The Morgan fingerprint density at radius 3 is 1.95 bits per heavy atom. The highest BCUT2D eigenvalue weighted by Gasteiger charge is 2.33. The molecule has 0 radical (unpaired) electrons. The Morgan fingerprint density at radius 1 is 0.719 bits per heavy atom. The van der Waals surface area contributed by atoms with E-state index in [1.165, 1.54) is 7.11 Å². The van der Waals surface area contributed by atoms with Gasteiger partial charge in [0.1, 0.15) is 28.3 Å². The van der Waals surface area contributed by atoms with Gasteiger partial charge < -0.3 is 24.6 Å². The Bertz CT molecular complexity index is 2940. The van der Waals surface area contributed by atoms with Crippen molar-refractivity contribution in [3.63, 3.8) is 0 Å². The molecular formula is C52H42Cl2N4O6. The number of aromatic nitrogens is 2. The lowest BCUT2D eigenvalue weighted by Crippen LogP contribution is -2.38. The minimum atomic E-state index is -0.832. The average Bonchev–Trinajstić information content (AvgIpc) is 3.34. The van der Waals surface area contributed by atoms with E-state index in [1.54, 1.807) is 65.8 Å². The van der Waals surface area contributed by atoms with Gasteiger partial charge in [0.2, 0.25) is 0 Å². The van der Waals surface area contributed by atoms with Crippen molar-refractivity contribution in [2.75, 3.05) is 20.3 Å². The van der Waals surface area contributed by atoms with Crippen molar-refractivity contribution in [1.82, 2.24) is 20.2 Å². The highest BCUT2D eigenvalue weighted by molar-refractivity contribution is 6.36. The van der Waals surface area contributed by atoms with Crippen LogP contribution in [-0.2, 0) is 22.5 Å². The second-order valence-corrected chi connectivity index (χ2v) is 15.6. The van der Waals surface area contributed by atoms with Gasteiger partial charge in [-0.1, -0.05) is 132 Å². The largest absolute Gasteiger partial charge is 0.505 e. The molecule has 12 heteroatoms. The van der Waals surface area contributed by atoms with Crippen LogP contribution in [0.4, 0.5) is 4.79 Å². The van der Waals surface area contributed by atoms with Gasteiger partial charge in [-0.2, -0.15) is 0 Å². The van der Waals surface area contributed by atoms with Crippen molar-refractivity contribution < 1.29 is 28.9 Å². The van der Waals surface area contributed by atoms with Crippen molar-refractivity contribution in [1.29, 1.82) is 0 Å². The van der Waals surface area contributed by atoms with Gasteiger partial charge in [0.05, 0.1) is 29.7 Å². The number of phenols is 1. The van der Waals surface area contributed by atoms with Gasteiger partial charge in [-0.25, -0.2) is 4.79 Å². The van der Waals surface area contributed by atoms with Gasteiger partial charge in [0.15, 0.2) is 12.4 Å². The number of carbonyl (C=O) groups is 2. The molecule has 10 nitrogen and oxygen atoms in total. The molecule has 1 unspecified atom stereocenters. The number of nitrogens with one attached hydrogen (secondary N) is 1. The second kappa shape index (κ2) is 20.2. The van der Waals surface area contributed by atoms with Crippen LogP contribution in [0.25, 0.3) is 27.4 Å². The first-order valence-electron chi connectivity index (χ1n) is 20.5. The number of amides is 2. The lowest BCUT2D eigenvalue weighted by molar-refractivity contribution is -0.123. The van der Waals surface area contributed by atoms with Crippen LogP contribution in [0.2, 0.25) is 10.0 Å². The molecule has 2 N–H and O–H groups in total. The second-order valence-electron chi connectivity index (χ2n) is 14.8. The number of halogens is 2. The Hall–Kier alpha value is -7.40. The van der Waals surface area contributed by atoms with Crippen LogP contribution in [0.1, 0.15) is 33.9 Å². The minimum absolute atomic E-state index is 0.0573. The summed E-state index contributed by atoms with van der Waals surface area (Å²) in [5.74, 6) is 0.494. The van der Waals surface area contributed by atoms with E-state index in [0.717, 1.165) is 11.1 Å². The number of carbonyl (C=O) groups excluding carboxylic acids is 2. The Labute approximate surface area is 380 Å². The summed E-state index contributed by atoms with van der Waals surface area (Å²) in [5.41, 5.74) is 4.24. The van der Waals surface area contributed by atoms with E-state index >= 15 is 4.79 Å². The maximum atomic E-state index is 15.5.